The van der Waals surface area contributed by atoms with Crippen molar-refractivity contribution in [3.8, 4) is 11.3 Å². The molecule has 1 unspecified atom stereocenters. The molecule has 0 spiro atoms. The van der Waals surface area contributed by atoms with Crippen LogP contribution in [0.15, 0.2) is 65.5 Å². The number of carbonyl (C=O) groups excluding carboxylic acids is 2. The molecule has 33 heavy (non-hydrogen) atoms. The summed E-state index contributed by atoms with van der Waals surface area (Å²) in [7, 11) is 0. The monoisotopic (exact) mass is 446 g/mol. The topological polar surface area (TPSA) is 87.5 Å². The molecule has 1 saturated heterocycles. The lowest BCUT2D eigenvalue weighted by atomic mass is 10.1. The first-order chi connectivity index (χ1) is 16.1. The molecule has 1 aromatic heterocycles. The Kier molecular flexibility index (Phi) is 7.40. The molecule has 2 N–H and O–H groups in total. The molecule has 1 aliphatic heterocycles. The number of carbonyl (C=O) groups is 2. The van der Waals surface area contributed by atoms with Gasteiger partial charge in [-0.25, -0.2) is 4.98 Å². The number of hydrogen-bond donors (Lipinski definition) is 2. The number of unbranched alkanes of at least 4 members (excludes halogenated alkanes) is 1. The molecule has 0 radical (unpaired) electrons. The van der Waals surface area contributed by atoms with E-state index in [9.17, 15) is 9.59 Å². The number of nitrogens with zero attached hydrogens (tertiary/aromatic N) is 2. The standard InChI is InChI=1S/C26H30N4O3/c1-2-3-9-23(26(32)28-21-7-6-8-22(16-21)30-14-4-5-15-30)29-25(31)20-12-10-19(11-13-20)24-17-27-18-33-24/h6-8,10-13,16-18,23H,2-5,9,14-15H2,1H3,(H,28,32)(H,29,31). The Morgan fingerprint density at radius 1 is 1.12 bits per heavy atom. The van der Waals surface area contributed by atoms with Crippen molar-refractivity contribution in [2.45, 2.75) is 45.1 Å². The number of aromatic nitrogens is 1. The number of benzene rings is 2. The second-order valence-corrected chi connectivity index (χ2v) is 8.35. The maximum absolute atomic E-state index is 13.1. The van der Waals surface area contributed by atoms with Crippen LogP contribution in [0.25, 0.3) is 11.3 Å². The average Bonchev–Trinajstić information content (AvgIpc) is 3.57. The van der Waals surface area contributed by atoms with Crippen LogP contribution in [-0.4, -0.2) is 35.9 Å². The molecular formula is C26H30N4O3. The third kappa shape index (κ3) is 5.80. The van der Waals surface area contributed by atoms with Crippen LogP contribution in [0.2, 0.25) is 0 Å². The highest BCUT2D eigenvalue weighted by Gasteiger charge is 2.22. The average molecular weight is 447 g/mol. The molecule has 0 bridgehead atoms. The molecular weight excluding hydrogens is 416 g/mol. The molecule has 0 saturated carbocycles. The normalized spacial score (nSPS) is 14.2. The molecule has 172 valence electrons. The Labute approximate surface area is 194 Å². The molecule has 1 fully saturated rings. The largest absolute Gasteiger partial charge is 0.444 e. The minimum absolute atomic E-state index is 0.200. The lowest BCUT2D eigenvalue weighted by Gasteiger charge is -2.21. The first-order valence-corrected chi connectivity index (χ1v) is 11.6. The fraction of sp³-hybridized carbons (Fsp3) is 0.346. The Balaban J connectivity index is 1.42. The van der Waals surface area contributed by atoms with Crippen LogP contribution in [0.3, 0.4) is 0 Å². The van der Waals surface area contributed by atoms with E-state index in [1.54, 1.807) is 30.5 Å². The van der Waals surface area contributed by atoms with Crippen molar-refractivity contribution < 1.29 is 14.0 Å². The molecule has 7 heteroatoms. The SMILES string of the molecule is CCCCC(NC(=O)c1ccc(-c2cnco2)cc1)C(=O)Nc1cccc(N2CCCC2)c1. The van der Waals surface area contributed by atoms with Crippen molar-refractivity contribution in [3.05, 3.63) is 66.7 Å². The lowest BCUT2D eigenvalue weighted by molar-refractivity contribution is -0.118. The van der Waals surface area contributed by atoms with E-state index in [1.165, 1.54) is 19.2 Å². The number of anilines is 2. The summed E-state index contributed by atoms with van der Waals surface area (Å²) in [6.45, 7) is 4.15. The van der Waals surface area contributed by atoms with E-state index in [4.69, 9.17) is 4.42 Å². The van der Waals surface area contributed by atoms with E-state index in [0.717, 1.165) is 42.9 Å². The molecule has 4 rings (SSSR count). The number of oxazole rings is 1. The summed E-state index contributed by atoms with van der Waals surface area (Å²) in [6.07, 6.45) is 7.75. The van der Waals surface area contributed by atoms with Gasteiger partial charge < -0.3 is 20.0 Å². The minimum Gasteiger partial charge on any atom is -0.444 e. The van der Waals surface area contributed by atoms with E-state index < -0.39 is 6.04 Å². The Morgan fingerprint density at radius 3 is 2.61 bits per heavy atom. The molecule has 2 aromatic carbocycles. The molecule has 1 aliphatic rings. The van der Waals surface area contributed by atoms with Gasteiger partial charge in [0.05, 0.1) is 6.20 Å². The fourth-order valence-corrected chi connectivity index (χ4v) is 4.05. The van der Waals surface area contributed by atoms with Gasteiger partial charge >= 0.3 is 0 Å². The van der Waals surface area contributed by atoms with Crippen LogP contribution in [-0.2, 0) is 4.79 Å². The highest BCUT2D eigenvalue weighted by atomic mass is 16.3. The summed E-state index contributed by atoms with van der Waals surface area (Å²) in [4.78, 5) is 32.2. The van der Waals surface area contributed by atoms with Crippen molar-refractivity contribution in [1.29, 1.82) is 0 Å². The predicted octanol–water partition coefficient (Wildman–Crippen LogP) is 4.87. The number of rotatable bonds is 9. The number of amides is 2. The van der Waals surface area contributed by atoms with Crippen molar-refractivity contribution in [2.75, 3.05) is 23.3 Å². The summed E-state index contributed by atoms with van der Waals surface area (Å²) in [5, 5.41) is 5.91. The first kappa shape index (κ1) is 22.6. The fourth-order valence-electron chi connectivity index (χ4n) is 4.05. The zero-order chi connectivity index (χ0) is 23.0. The van der Waals surface area contributed by atoms with Crippen LogP contribution in [0.1, 0.15) is 49.4 Å². The van der Waals surface area contributed by atoms with Crippen LogP contribution in [0, 0.1) is 0 Å². The highest BCUT2D eigenvalue weighted by molar-refractivity contribution is 6.01. The summed E-state index contributed by atoms with van der Waals surface area (Å²) < 4.78 is 5.29. The molecule has 2 heterocycles. The molecule has 2 amide bonds. The van der Waals surface area contributed by atoms with Gasteiger partial charge in [0.2, 0.25) is 5.91 Å². The van der Waals surface area contributed by atoms with E-state index in [0.29, 0.717) is 17.7 Å². The number of hydrogen-bond acceptors (Lipinski definition) is 5. The summed E-state index contributed by atoms with van der Waals surface area (Å²) in [5.41, 5.74) is 3.19. The quantitative estimate of drug-likeness (QED) is 0.490. The van der Waals surface area contributed by atoms with Crippen LogP contribution in [0.4, 0.5) is 11.4 Å². The van der Waals surface area contributed by atoms with E-state index in [2.05, 4.69) is 33.5 Å². The minimum atomic E-state index is -0.609. The van der Waals surface area contributed by atoms with Gasteiger partial charge in [-0.2, -0.15) is 0 Å². The van der Waals surface area contributed by atoms with Gasteiger partial charge in [-0.1, -0.05) is 38.0 Å². The molecule has 7 nitrogen and oxygen atoms in total. The maximum atomic E-state index is 13.1. The van der Waals surface area contributed by atoms with Gasteiger partial charge in [0.1, 0.15) is 6.04 Å². The van der Waals surface area contributed by atoms with Gasteiger partial charge in [-0.15, -0.1) is 0 Å². The predicted molar refractivity (Wildman–Crippen MR) is 129 cm³/mol. The first-order valence-electron chi connectivity index (χ1n) is 11.6. The number of nitrogens with one attached hydrogen (secondary N) is 2. The zero-order valence-electron chi connectivity index (χ0n) is 18.9. The Bertz CT molecular complexity index is 1060. The van der Waals surface area contributed by atoms with E-state index in [-0.39, 0.29) is 11.8 Å². The lowest BCUT2D eigenvalue weighted by Crippen LogP contribution is -2.43. The Morgan fingerprint density at radius 2 is 1.91 bits per heavy atom. The molecule has 3 aromatic rings. The summed E-state index contributed by atoms with van der Waals surface area (Å²) >= 11 is 0. The van der Waals surface area contributed by atoms with Crippen molar-refractivity contribution >= 4 is 23.2 Å². The van der Waals surface area contributed by atoms with E-state index in [1.807, 2.05) is 18.2 Å². The maximum Gasteiger partial charge on any atom is 0.251 e. The molecule has 1 atom stereocenters. The Hall–Kier alpha value is -3.61. The van der Waals surface area contributed by atoms with Gasteiger partial charge in [-0.05, 0) is 49.6 Å². The van der Waals surface area contributed by atoms with Crippen molar-refractivity contribution in [2.24, 2.45) is 0 Å². The van der Waals surface area contributed by atoms with Crippen LogP contribution >= 0.6 is 0 Å². The highest BCUT2D eigenvalue weighted by Crippen LogP contribution is 2.24. The summed E-state index contributed by atoms with van der Waals surface area (Å²) in [6, 6.07) is 14.4. The third-order valence-corrected chi connectivity index (χ3v) is 5.92. The molecule has 0 aliphatic carbocycles. The van der Waals surface area contributed by atoms with Gasteiger partial charge in [0.25, 0.3) is 5.91 Å². The van der Waals surface area contributed by atoms with E-state index >= 15 is 0 Å². The van der Waals surface area contributed by atoms with Crippen LogP contribution < -0.4 is 15.5 Å². The second kappa shape index (κ2) is 10.8. The van der Waals surface area contributed by atoms with Crippen LogP contribution in [0.5, 0.6) is 0 Å². The zero-order valence-corrected chi connectivity index (χ0v) is 18.9. The smallest absolute Gasteiger partial charge is 0.251 e. The van der Waals surface area contributed by atoms with Crippen molar-refractivity contribution in [3.63, 3.8) is 0 Å². The second-order valence-electron chi connectivity index (χ2n) is 8.35. The van der Waals surface area contributed by atoms with Gasteiger partial charge in [-0.3, -0.25) is 9.59 Å². The summed E-state index contributed by atoms with van der Waals surface area (Å²) in [5.74, 6) is 0.160. The van der Waals surface area contributed by atoms with Gasteiger partial charge in [0.15, 0.2) is 12.2 Å². The third-order valence-electron chi connectivity index (χ3n) is 5.92. The van der Waals surface area contributed by atoms with Gasteiger partial charge in [0, 0.05) is 35.6 Å². The van der Waals surface area contributed by atoms with Crippen molar-refractivity contribution in [1.82, 2.24) is 10.3 Å².